The van der Waals surface area contributed by atoms with Gasteiger partial charge in [-0.1, -0.05) is 71.8 Å². The first-order valence-electron chi connectivity index (χ1n) is 8.93. The lowest BCUT2D eigenvalue weighted by atomic mass is 10.1. The zero-order valence-electron chi connectivity index (χ0n) is 15.3. The van der Waals surface area contributed by atoms with Crippen LogP contribution in [0.3, 0.4) is 0 Å². The molecule has 1 aliphatic rings. The highest BCUT2D eigenvalue weighted by Crippen LogP contribution is 2.32. The molecule has 28 heavy (non-hydrogen) atoms. The molecule has 4 rings (SSSR count). The number of hydrogen-bond acceptors (Lipinski definition) is 3. The van der Waals surface area contributed by atoms with Gasteiger partial charge in [0, 0.05) is 10.6 Å². The molecule has 1 atom stereocenters. The maximum absolute atomic E-state index is 13.4. The van der Waals surface area contributed by atoms with Crippen molar-refractivity contribution in [3.05, 3.63) is 101 Å². The number of sulfonamides is 1. The van der Waals surface area contributed by atoms with Gasteiger partial charge in [-0.2, -0.15) is 0 Å². The van der Waals surface area contributed by atoms with Gasteiger partial charge in [0.1, 0.15) is 5.84 Å². The third-order valence-corrected chi connectivity index (χ3v) is 6.73. The number of aryl methyl sites for hydroxylation is 1. The Morgan fingerprint density at radius 2 is 1.68 bits per heavy atom. The predicted molar refractivity (Wildman–Crippen MR) is 112 cm³/mol. The lowest BCUT2D eigenvalue weighted by molar-refractivity contribution is 0.520. The monoisotopic (exact) mass is 410 g/mol. The summed E-state index contributed by atoms with van der Waals surface area (Å²) in [6.45, 7) is 2.17. The molecule has 0 amide bonds. The SMILES string of the molecule is Cc1ccc(S(=O)(=O)N2CC(c3cccc(Cl)c3)N=C2c2ccccc2)cc1. The van der Waals surface area contributed by atoms with E-state index in [4.69, 9.17) is 16.6 Å². The number of nitrogens with zero attached hydrogens (tertiary/aromatic N) is 2. The molecule has 0 fully saturated rings. The zero-order chi connectivity index (χ0) is 19.7. The molecule has 4 nitrogen and oxygen atoms in total. The molecule has 1 aliphatic heterocycles. The Morgan fingerprint density at radius 3 is 2.36 bits per heavy atom. The minimum absolute atomic E-state index is 0.237. The maximum Gasteiger partial charge on any atom is 0.265 e. The molecular formula is C22H19ClN2O2S. The summed E-state index contributed by atoms with van der Waals surface area (Å²) in [7, 11) is -3.73. The molecular weight excluding hydrogens is 392 g/mol. The average Bonchev–Trinajstić information content (AvgIpc) is 3.15. The van der Waals surface area contributed by atoms with Gasteiger partial charge in [0.05, 0.1) is 17.5 Å². The molecule has 3 aromatic carbocycles. The fraction of sp³-hybridized carbons (Fsp3) is 0.136. The Morgan fingerprint density at radius 1 is 0.964 bits per heavy atom. The number of hydrogen-bond donors (Lipinski definition) is 0. The van der Waals surface area contributed by atoms with Gasteiger partial charge in [0.2, 0.25) is 0 Å². The largest absolute Gasteiger partial charge is 0.265 e. The van der Waals surface area contributed by atoms with Gasteiger partial charge in [-0.05, 0) is 36.8 Å². The quantitative estimate of drug-likeness (QED) is 0.617. The van der Waals surface area contributed by atoms with E-state index in [9.17, 15) is 8.42 Å². The van der Waals surface area contributed by atoms with Crippen molar-refractivity contribution >= 4 is 27.5 Å². The molecule has 6 heteroatoms. The summed E-state index contributed by atoms with van der Waals surface area (Å²) in [5, 5.41) is 0.605. The molecule has 0 radical (unpaired) electrons. The third-order valence-electron chi connectivity index (χ3n) is 4.73. The first-order valence-corrected chi connectivity index (χ1v) is 10.7. The minimum atomic E-state index is -3.73. The number of benzene rings is 3. The zero-order valence-corrected chi connectivity index (χ0v) is 16.9. The normalized spacial score (nSPS) is 16.9. The van der Waals surface area contributed by atoms with E-state index in [0.717, 1.165) is 16.7 Å². The van der Waals surface area contributed by atoms with Crippen LogP contribution >= 0.6 is 11.6 Å². The second kappa shape index (κ2) is 7.41. The number of rotatable bonds is 4. The number of aliphatic imine (C=N–C) groups is 1. The molecule has 142 valence electrons. The Balaban J connectivity index is 1.79. The predicted octanol–water partition coefficient (Wildman–Crippen LogP) is 4.84. The summed E-state index contributed by atoms with van der Waals surface area (Å²) in [6.07, 6.45) is 0. The van der Waals surface area contributed by atoms with E-state index in [2.05, 4.69) is 0 Å². The Bertz CT molecular complexity index is 1130. The minimum Gasteiger partial charge on any atom is -0.257 e. The summed E-state index contributed by atoms with van der Waals surface area (Å²) in [4.78, 5) is 5.02. The van der Waals surface area contributed by atoms with Crippen molar-refractivity contribution in [2.45, 2.75) is 17.9 Å². The molecule has 0 spiro atoms. The molecule has 3 aromatic rings. The molecule has 0 saturated heterocycles. The van der Waals surface area contributed by atoms with Crippen molar-refractivity contribution in [2.24, 2.45) is 4.99 Å². The number of amidine groups is 1. The summed E-state index contributed by atoms with van der Waals surface area (Å²) >= 11 is 6.13. The van der Waals surface area contributed by atoms with Gasteiger partial charge in [-0.15, -0.1) is 0 Å². The van der Waals surface area contributed by atoms with E-state index >= 15 is 0 Å². The van der Waals surface area contributed by atoms with Crippen LogP contribution in [0.25, 0.3) is 0 Å². The highest BCUT2D eigenvalue weighted by Gasteiger charge is 2.36. The van der Waals surface area contributed by atoms with Gasteiger partial charge in [0.25, 0.3) is 10.0 Å². The van der Waals surface area contributed by atoms with E-state index in [-0.39, 0.29) is 17.5 Å². The summed E-state index contributed by atoms with van der Waals surface area (Å²) in [5.74, 6) is 0.450. The van der Waals surface area contributed by atoms with Crippen LogP contribution in [0.4, 0.5) is 0 Å². The molecule has 0 aromatic heterocycles. The summed E-state index contributed by atoms with van der Waals surface area (Å²) < 4.78 is 28.2. The lowest BCUT2D eigenvalue weighted by Crippen LogP contribution is -2.35. The fourth-order valence-corrected chi connectivity index (χ4v) is 4.90. The molecule has 0 bridgehead atoms. The van der Waals surface area contributed by atoms with Crippen LogP contribution in [-0.2, 0) is 10.0 Å². The first kappa shape index (κ1) is 18.7. The van der Waals surface area contributed by atoms with Crippen LogP contribution in [0.1, 0.15) is 22.7 Å². The topological polar surface area (TPSA) is 49.7 Å². The van der Waals surface area contributed by atoms with Crippen LogP contribution in [0.15, 0.2) is 88.8 Å². The fourth-order valence-electron chi connectivity index (χ4n) is 3.25. The maximum atomic E-state index is 13.4. The van der Waals surface area contributed by atoms with E-state index in [0.29, 0.717) is 10.9 Å². The van der Waals surface area contributed by atoms with Gasteiger partial charge in [-0.3, -0.25) is 4.99 Å². The van der Waals surface area contributed by atoms with Crippen molar-refractivity contribution in [3.8, 4) is 0 Å². The van der Waals surface area contributed by atoms with Crippen LogP contribution < -0.4 is 0 Å². The van der Waals surface area contributed by atoms with Crippen LogP contribution in [-0.4, -0.2) is 25.1 Å². The van der Waals surface area contributed by atoms with E-state index in [1.807, 2.05) is 55.5 Å². The van der Waals surface area contributed by atoms with Gasteiger partial charge < -0.3 is 0 Å². The van der Waals surface area contributed by atoms with Crippen molar-refractivity contribution < 1.29 is 8.42 Å². The van der Waals surface area contributed by atoms with E-state index < -0.39 is 10.0 Å². The Labute approximate surface area is 170 Å². The van der Waals surface area contributed by atoms with Crippen molar-refractivity contribution in [1.82, 2.24) is 4.31 Å². The van der Waals surface area contributed by atoms with E-state index in [1.54, 1.807) is 30.3 Å². The van der Waals surface area contributed by atoms with E-state index in [1.165, 1.54) is 4.31 Å². The molecule has 1 unspecified atom stereocenters. The van der Waals surface area contributed by atoms with Crippen molar-refractivity contribution in [2.75, 3.05) is 6.54 Å². The summed E-state index contributed by atoms with van der Waals surface area (Å²) in [6, 6.07) is 23.4. The smallest absolute Gasteiger partial charge is 0.257 e. The third kappa shape index (κ3) is 3.55. The highest BCUT2D eigenvalue weighted by atomic mass is 35.5. The molecule has 0 aliphatic carbocycles. The van der Waals surface area contributed by atoms with Crippen molar-refractivity contribution in [1.29, 1.82) is 0 Å². The van der Waals surface area contributed by atoms with Gasteiger partial charge in [-0.25, -0.2) is 12.7 Å². The Kier molecular flexibility index (Phi) is 4.96. The van der Waals surface area contributed by atoms with Crippen LogP contribution in [0, 0.1) is 6.92 Å². The van der Waals surface area contributed by atoms with Gasteiger partial charge in [0.15, 0.2) is 0 Å². The second-order valence-corrected chi connectivity index (χ2v) is 9.04. The molecule has 0 saturated carbocycles. The average molecular weight is 411 g/mol. The Hall–Kier alpha value is -2.63. The van der Waals surface area contributed by atoms with Crippen LogP contribution in [0.5, 0.6) is 0 Å². The number of halogens is 1. The molecule has 0 N–H and O–H groups in total. The van der Waals surface area contributed by atoms with Crippen molar-refractivity contribution in [3.63, 3.8) is 0 Å². The summed E-state index contributed by atoms with van der Waals surface area (Å²) in [5.41, 5.74) is 2.67. The molecule has 1 heterocycles. The lowest BCUT2D eigenvalue weighted by Gasteiger charge is -2.21. The first-order chi connectivity index (χ1) is 13.4. The van der Waals surface area contributed by atoms with Crippen LogP contribution in [0.2, 0.25) is 5.02 Å². The highest BCUT2D eigenvalue weighted by molar-refractivity contribution is 7.89. The standard InChI is InChI=1S/C22H19ClN2O2S/c1-16-10-12-20(13-11-16)28(26,27)25-15-21(18-8-5-9-19(23)14-18)24-22(25)17-6-3-2-4-7-17/h2-14,21H,15H2,1H3. The van der Waals surface area contributed by atoms with Gasteiger partial charge >= 0.3 is 0 Å². The second-order valence-electron chi connectivity index (χ2n) is 6.74.